The van der Waals surface area contributed by atoms with Crippen LogP contribution < -0.4 is 0 Å². The maximum Gasteiger partial charge on any atom is 0.289 e. The fourth-order valence-electron chi connectivity index (χ4n) is 3.51. The van der Waals surface area contributed by atoms with Crippen LogP contribution in [0.25, 0.3) is 22.4 Å². The zero-order chi connectivity index (χ0) is 18.2. The van der Waals surface area contributed by atoms with Gasteiger partial charge in [-0.3, -0.25) is 4.79 Å². The summed E-state index contributed by atoms with van der Waals surface area (Å²) in [4.78, 5) is 14.7. The number of hydrogen-bond donors (Lipinski definition) is 0. The quantitative estimate of drug-likeness (QED) is 0.522. The molecule has 1 atom stereocenters. The summed E-state index contributed by atoms with van der Waals surface area (Å²) in [6.45, 7) is 1.26. The number of nitrogens with zero attached hydrogens (tertiary/aromatic N) is 3. The molecule has 6 nitrogen and oxygen atoms in total. The summed E-state index contributed by atoms with van der Waals surface area (Å²) >= 11 is 1.59. The van der Waals surface area contributed by atoms with Crippen molar-refractivity contribution in [3.63, 3.8) is 0 Å². The summed E-state index contributed by atoms with van der Waals surface area (Å²) in [5.41, 5.74) is 1.66. The number of aromatic nitrogens is 2. The Morgan fingerprint density at radius 3 is 2.96 bits per heavy atom. The summed E-state index contributed by atoms with van der Waals surface area (Å²) in [6.07, 6.45) is 1.82. The van der Waals surface area contributed by atoms with Crippen LogP contribution in [0.15, 0.2) is 56.0 Å². The van der Waals surface area contributed by atoms with Crippen LogP contribution in [0.4, 0.5) is 0 Å². The van der Waals surface area contributed by atoms with Gasteiger partial charge >= 0.3 is 0 Å². The van der Waals surface area contributed by atoms with Crippen LogP contribution in [0.3, 0.4) is 0 Å². The Morgan fingerprint density at radius 2 is 2.11 bits per heavy atom. The van der Waals surface area contributed by atoms with Crippen LogP contribution in [0.2, 0.25) is 0 Å². The third kappa shape index (κ3) is 3.04. The van der Waals surface area contributed by atoms with Crippen molar-refractivity contribution >= 4 is 28.2 Å². The van der Waals surface area contributed by atoms with Crippen molar-refractivity contribution in [2.24, 2.45) is 0 Å². The largest absolute Gasteiger partial charge is 0.451 e. The first-order valence-electron chi connectivity index (χ1n) is 8.92. The van der Waals surface area contributed by atoms with Crippen LogP contribution in [0, 0.1) is 0 Å². The Labute approximate surface area is 159 Å². The summed E-state index contributed by atoms with van der Waals surface area (Å²) in [6, 6.07) is 11.4. The molecule has 136 valence electrons. The number of furan rings is 1. The lowest BCUT2D eigenvalue weighted by atomic mass is 9.98. The Balaban J connectivity index is 1.35. The van der Waals surface area contributed by atoms with Crippen molar-refractivity contribution in [1.82, 2.24) is 15.1 Å². The van der Waals surface area contributed by atoms with E-state index in [9.17, 15) is 4.79 Å². The van der Waals surface area contributed by atoms with Gasteiger partial charge in [-0.15, -0.1) is 10.2 Å². The molecule has 1 saturated heterocycles. The Kier molecular flexibility index (Phi) is 4.01. The normalized spacial score (nSPS) is 17.5. The molecule has 1 aliphatic heterocycles. The maximum absolute atomic E-state index is 12.9. The Morgan fingerprint density at radius 1 is 1.19 bits per heavy atom. The molecule has 0 aliphatic carbocycles. The van der Waals surface area contributed by atoms with E-state index in [-0.39, 0.29) is 11.8 Å². The van der Waals surface area contributed by atoms with Crippen LogP contribution in [-0.4, -0.2) is 34.1 Å². The van der Waals surface area contributed by atoms with Gasteiger partial charge in [0, 0.05) is 29.4 Å². The molecule has 0 spiro atoms. The molecule has 1 aliphatic rings. The molecule has 3 aromatic heterocycles. The second kappa shape index (κ2) is 6.66. The number of para-hydroxylation sites is 1. The van der Waals surface area contributed by atoms with E-state index in [1.165, 1.54) is 0 Å². The van der Waals surface area contributed by atoms with Crippen LogP contribution in [0.5, 0.6) is 0 Å². The highest BCUT2D eigenvalue weighted by Crippen LogP contribution is 2.30. The fraction of sp³-hybridized carbons (Fsp3) is 0.250. The third-order valence-electron chi connectivity index (χ3n) is 4.90. The van der Waals surface area contributed by atoms with Gasteiger partial charge in [-0.25, -0.2) is 0 Å². The van der Waals surface area contributed by atoms with E-state index >= 15 is 0 Å². The molecule has 27 heavy (non-hydrogen) atoms. The molecule has 5 rings (SSSR count). The summed E-state index contributed by atoms with van der Waals surface area (Å²) in [5.74, 6) is 1.46. The number of likely N-dealkylation sites (tertiary alicyclic amines) is 1. The molecular formula is C20H17N3O3S. The fourth-order valence-corrected chi connectivity index (χ4v) is 4.14. The predicted octanol–water partition coefficient (Wildman–Crippen LogP) is 4.56. The molecule has 0 saturated carbocycles. The van der Waals surface area contributed by atoms with Crippen molar-refractivity contribution < 1.29 is 13.6 Å². The molecule has 4 heterocycles. The number of benzene rings is 1. The summed E-state index contributed by atoms with van der Waals surface area (Å²) in [5, 5.41) is 13.3. The standard InChI is InChI=1S/C20H17N3O3S/c24-20(17-10-13-4-1-2-6-16(13)25-17)23-8-3-5-14(11-23)18-21-22-19(26-18)15-7-9-27-12-15/h1-2,4,6-7,9-10,12,14H,3,5,8,11H2/t14-/m1/s1. The molecule has 1 amide bonds. The van der Waals surface area contributed by atoms with Gasteiger partial charge in [0.15, 0.2) is 5.76 Å². The zero-order valence-corrected chi connectivity index (χ0v) is 15.3. The van der Waals surface area contributed by atoms with Gasteiger partial charge < -0.3 is 13.7 Å². The second-order valence-corrected chi connectivity index (χ2v) is 7.48. The molecule has 1 fully saturated rings. The van der Waals surface area contributed by atoms with Crippen LogP contribution in [-0.2, 0) is 0 Å². The minimum Gasteiger partial charge on any atom is -0.451 e. The van der Waals surface area contributed by atoms with Gasteiger partial charge in [-0.2, -0.15) is 11.3 Å². The lowest BCUT2D eigenvalue weighted by Crippen LogP contribution is -2.39. The first-order chi connectivity index (χ1) is 13.3. The molecule has 4 aromatic rings. The van der Waals surface area contributed by atoms with E-state index in [1.807, 2.05) is 52.1 Å². The zero-order valence-electron chi connectivity index (χ0n) is 14.5. The highest BCUT2D eigenvalue weighted by molar-refractivity contribution is 7.08. The van der Waals surface area contributed by atoms with Crippen molar-refractivity contribution in [2.45, 2.75) is 18.8 Å². The third-order valence-corrected chi connectivity index (χ3v) is 5.59. The van der Waals surface area contributed by atoms with Crippen molar-refractivity contribution in [1.29, 1.82) is 0 Å². The highest BCUT2D eigenvalue weighted by Gasteiger charge is 2.30. The topological polar surface area (TPSA) is 72.4 Å². The number of fused-ring (bicyclic) bond motifs is 1. The van der Waals surface area contributed by atoms with E-state index in [0.29, 0.717) is 30.6 Å². The smallest absolute Gasteiger partial charge is 0.289 e. The van der Waals surface area contributed by atoms with Crippen LogP contribution in [0.1, 0.15) is 35.2 Å². The van der Waals surface area contributed by atoms with Crippen molar-refractivity contribution in [2.75, 3.05) is 13.1 Å². The Bertz CT molecular complexity index is 1050. The second-order valence-electron chi connectivity index (χ2n) is 6.70. The lowest BCUT2D eigenvalue weighted by Gasteiger charge is -2.30. The van der Waals surface area contributed by atoms with Gasteiger partial charge in [0.25, 0.3) is 5.91 Å². The maximum atomic E-state index is 12.9. The number of rotatable bonds is 3. The number of piperidine rings is 1. The van der Waals surface area contributed by atoms with Gasteiger partial charge in [0.2, 0.25) is 11.8 Å². The number of thiophene rings is 1. The van der Waals surface area contributed by atoms with E-state index in [4.69, 9.17) is 8.83 Å². The molecule has 0 N–H and O–H groups in total. The minimum atomic E-state index is -0.0894. The van der Waals surface area contributed by atoms with Gasteiger partial charge in [0.05, 0.1) is 5.92 Å². The van der Waals surface area contributed by atoms with E-state index in [0.717, 1.165) is 29.4 Å². The van der Waals surface area contributed by atoms with Crippen molar-refractivity contribution in [3.05, 3.63) is 58.8 Å². The number of amides is 1. The highest BCUT2D eigenvalue weighted by atomic mass is 32.1. The number of hydrogen-bond acceptors (Lipinski definition) is 6. The average molecular weight is 379 g/mol. The van der Waals surface area contributed by atoms with Gasteiger partial charge in [-0.05, 0) is 36.4 Å². The first-order valence-corrected chi connectivity index (χ1v) is 9.86. The predicted molar refractivity (Wildman–Crippen MR) is 102 cm³/mol. The summed E-state index contributed by atoms with van der Waals surface area (Å²) < 4.78 is 11.6. The van der Waals surface area contributed by atoms with E-state index < -0.39 is 0 Å². The lowest BCUT2D eigenvalue weighted by molar-refractivity contribution is 0.0668. The number of carbonyl (C=O) groups excluding carboxylic acids is 1. The van der Waals surface area contributed by atoms with Gasteiger partial charge in [0.1, 0.15) is 5.58 Å². The van der Waals surface area contributed by atoms with E-state index in [1.54, 1.807) is 11.3 Å². The molecule has 0 bridgehead atoms. The molecule has 1 aromatic carbocycles. The molecule has 0 radical (unpaired) electrons. The van der Waals surface area contributed by atoms with Crippen molar-refractivity contribution in [3.8, 4) is 11.5 Å². The molecule has 0 unspecified atom stereocenters. The molecule has 7 heteroatoms. The van der Waals surface area contributed by atoms with E-state index in [2.05, 4.69) is 10.2 Å². The first kappa shape index (κ1) is 16.3. The monoisotopic (exact) mass is 379 g/mol. The number of carbonyl (C=O) groups is 1. The SMILES string of the molecule is O=C(c1cc2ccccc2o1)N1CCC[C@@H](c2nnc(-c3ccsc3)o2)C1. The Hall–Kier alpha value is -2.93. The van der Waals surface area contributed by atoms with Crippen LogP contribution >= 0.6 is 11.3 Å². The molecular weight excluding hydrogens is 362 g/mol. The van der Waals surface area contributed by atoms with Gasteiger partial charge in [-0.1, -0.05) is 18.2 Å². The summed E-state index contributed by atoms with van der Waals surface area (Å²) in [7, 11) is 0. The minimum absolute atomic E-state index is 0.0481. The average Bonchev–Trinajstić information content (AvgIpc) is 3.47.